The molecule has 0 bridgehead atoms. The molecule has 2 heterocycles. The van der Waals surface area contributed by atoms with Gasteiger partial charge in [0.2, 0.25) is 0 Å². The Labute approximate surface area is 194 Å². The van der Waals surface area contributed by atoms with E-state index in [0.29, 0.717) is 27.1 Å². The quantitative estimate of drug-likeness (QED) is 0.259. The summed E-state index contributed by atoms with van der Waals surface area (Å²) in [5, 5.41) is 10.2. The molecule has 0 atom stereocenters. The predicted octanol–water partition coefficient (Wildman–Crippen LogP) is 4.80. The van der Waals surface area contributed by atoms with Crippen LogP contribution in [0.5, 0.6) is 0 Å². The van der Waals surface area contributed by atoms with Crippen molar-refractivity contribution in [2.24, 2.45) is 0 Å². The smallest absolute Gasteiger partial charge is 0.302 e. The first-order valence-electron chi connectivity index (χ1n) is 9.61. The number of amides is 2. The molecule has 0 radical (unpaired) electrons. The zero-order chi connectivity index (χ0) is 23.4. The highest BCUT2D eigenvalue weighted by Gasteiger charge is 2.35. The number of carbonyl (C=O) groups is 3. The molecule has 164 valence electrons. The summed E-state index contributed by atoms with van der Waals surface area (Å²) in [6, 6.07) is 10.3. The maximum absolute atomic E-state index is 13.0. The minimum atomic E-state index is -0.680. The van der Waals surface area contributed by atoms with Crippen LogP contribution >= 0.6 is 23.2 Å². The predicted molar refractivity (Wildman–Crippen MR) is 118 cm³/mol. The largest absolute Gasteiger partial charge is 0.466 e. The third-order valence-corrected chi connectivity index (χ3v) is 5.61. The van der Waals surface area contributed by atoms with E-state index in [0.717, 1.165) is 4.90 Å². The Hall–Kier alpha value is -3.34. The molecule has 0 N–H and O–H groups in total. The van der Waals surface area contributed by atoms with Crippen LogP contribution in [0, 0.1) is 11.3 Å². The lowest BCUT2D eigenvalue weighted by atomic mass is 9.94. The van der Waals surface area contributed by atoms with Crippen LogP contribution in [0.3, 0.4) is 0 Å². The van der Waals surface area contributed by atoms with Crippen LogP contribution < -0.4 is 0 Å². The van der Waals surface area contributed by atoms with E-state index in [1.165, 1.54) is 19.9 Å². The normalized spacial score (nSPS) is 15.3. The van der Waals surface area contributed by atoms with Crippen molar-refractivity contribution in [1.82, 2.24) is 4.90 Å². The second kappa shape index (κ2) is 9.86. The first-order chi connectivity index (χ1) is 15.2. The molecular formula is C23H18Cl2N2O5. The number of esters is 1. The van der Waals surface area contributed by atoms with Gasteiger partial charge in [-0.25, -0.2) is 0 Å². The van der Waals surface area contributed by atoms with Gasteiger partial charge in [0.1, 0.15) is 23.2 Å². The zero-order valence-corrected chi connectivity index (χ0v) is 18.8. The molecule has 32 heavy (non-hydrogen) atoms. The zero-order valence-electron chi connectivity index (χ0n) is 17.3. The molecule has 3 rings (SSSR count). The summed E-state index contributed by atoms with van der Waals surface area (Å²) in [5.74, 6) is -0.910. The number of hydrogen-bond donors (Lipinski definition) is 0. The van der Waals surface area contributed by atoms with Crippen molar-refractivity contribution in [3.8, 4) is 17.4 Å². The van der Waals surface area contributed by atoms with Crippen LogP contribution in [0.25, 0.3) is 17.4 Å². The Morgan fingerprint density at radius 3 is 2.66 bits per heavy atom. The first-order valence-corrected chi connectivity index (χ1v) is 10.4. The van der Waals surface area contributed by atoms with Crippen molar-refractivity contribution in [2.45, 2.75) is 20.3 Å². The van der Waals surface area contributed by atoms with E-state index < -0.39 is 17.8 Å². The lowest BCUT2D eigenvalue weighted by Gasteiger charge is -2.27. The van der Waals surface area contributed by atoms with Gasteiger partial charge in [0.05, 0.1) is 16.7 Å². The lowest BCUT2D eigenvalue weighted by molar-refractivity contribution is -0.141. The van der Waals surface area contributed by atoms with Gasteiger partial charge in [-0.2, -0.15) is 5.26 Å². The van der Waals surface area contributed by atoms with E-state index in [1.807, 2.05) is 6.07 Å². The van der Waals surface area contributed by atoms with Gasteiger partial charge in [0, 0.05) is 24.6 Å². The van der Waals surface area contributed by atoms with E-state index in [1.54, 1.807) is 30.3 Å². The highest BCUT2D eigenvalue weighted by molar-refractivity contribution is 6.43. The third kappa shape index (κ3) is 4.77. The molecule has 1 aliphatic rings. The number of nitrogens with zero attached hydrogens (tertiary/aromatic N) is 2. The van der Waals surface area contributed by atoms with E-state index in [9.17, 15) is 19.6 Å². The standard InChI is InChI=1S/C23H18Cl2N2O5/c1-13-17(11-15-7-8-20(32-15)16-5-3-6-19(24)21(16)25)22(29)27(23(30)18(13)12-26)9-4-10-31-14(2)28/h3,5-8,11H,4,9-10H2,1-2H3/b17-11+. The monoisotopic (exact) mass is 472 g/mol. The molecule has 0 unspecified atom stereocenters. The molecule has 2 aromatic rings. The van der Waals surface area contributed by atoms with Crippen LogP contribution in [0.1, 0.15) is 26.0 Å². The number of hydrogen-bond acceptors (Lipinski definition) is 6. The summed E-state index contributed by atoms with van der Waals surface area (Å²) < 4.78 is 10.7. The summed E-state index contributed by atoms with van der Waals surface area (Å²) in [6.07, 6.45) is 1.72. The second-order valence-corrected chi connectivity index (χ2v) is 7.71. The van der Waals surface area contributed by atoms with Gasteiger partial charge in [0.15, 0.2) is 0 Å². The average Bonchev–Trinajstić information content (AvgIpc) is 3.21. The van der Waals surface area contributed by atoms with Gasteiger partial charge in [-0.15, -0.1) is 0 Å². The van der Waals surface area contributed by atoms with Crippen molar-refractivity contribution in [1.29, 1.82) is 5.26 Å². The van der Waals surface area contributed by atoms with Gasteiger partial charge in [-0.1, -0.05) is 29.3 Å². The number of furan rings is 1. The van der Waals surface area contributed by atoms with Gasteiger partial charge in [-0.05, 0) is 49.3 Å². The third-order valence-electron chi connectivity index (χ3n) is 4.79. The Morgan fingerprint density at radius 2 is 1.97 bits per heavy atom. The van der Waals surface area contributed by atoms with Crippen molar-refractivity contribution in [2.75, 3.05) is 13.2 Å². The van der Waals surface area contributed by atoms with E-state index in [-0.39, 0.29) is 36.3 Å². The fourth-order valence-electron chi connectivity index (χ4n) is 3.18. The maximum atomic E-state index is 13.0. The molecule has 1 aliphatic heterocycles. The average molecular weight is 473 g/mol. The summed E-state index contributed by atoms with van der Waals surface area (Å²) in [4.78, 5) is 37.5. The van der Waals surface area contributed by atoms with Crippen LogP contribution in [-0.4, -0.2) is 35.8 Å². The first kappa shape index (κ1) is 23.3. The lowest BCUT2D eigenvalue weighted by Crippen LogP contribution is -2.43. The number of imide groups is 1. The maximum Gasteiger partial charge on any atom is 0.302 e. The minimum absolute atomic E-state index is 0.00226. The van der Waals surface area contributed by atoms with Crippen molar-refractivity contribution < 1.29 is 23.5 Å². The number of halogens is 2. The van der Waals surface area contributed by atoms with Crippen LogP contribution in [0.2, 0.25) is 10.0 Å². The van der Waals surface area contributed by atoms with E-state index >= 15 is 0 Å². The van der Waals surface area contributed by atoms with Gasteiger partial charge >= 0.3 is 5.97 Å². The molecule has 1 aromatic carbocycles. The van der Waals surface area contributed by atoms with E-state index in [4.69, 9.17) is 32.4 Å². The van der Waals surface area contributed by atoms with Crippen LogP contribution in [-0.2, 0) is 19.1 Å². The summed E-state index contributed by atoms with van der Waals surface area (Å²) in [6.45, 7) is 2.86. The number of benzene rings is 1. The molecule has 7 nitrogen and oxygen atoms in total. The minimum Gasteiger partial charge on any atom is -0.466 e. The molecule has 0 saturated carbocycles. The van der Waals surface area contributed by atoms with Crippen LogP contribution in [0.15, 0.2) is 51.5 Å². The van der Waals surface area contributed by atoms with Crippen molar-refractivity contribution in [3.05, 3.63) is 62.9 Å². The molecule has 2 amide bonds. The van der Waals surface area contributed by atoms with Crippen LogP contribution in [0.4, 0.5) is 0 Å². The summed E-state index contributed by atoms with van der Waals surface area (Å²) in [7, 11) is 0. The Kier molecular flexibility index (Phi) is 7.18. The topological polar surface area (TPSA) is 101 Å². The van der Waals surface area contributed by atoms with Crippen molar-refractivity contribution >= 4 is 47.1 Å². The fourth-order valence-corrected chi connectivity index (χ4v) is 3.58. The molecule has 9 heteroatoms. The Bertz CT molecular complexity index is 1200. The molecule has 0 saturated heterocycles. The highest BCUT2D eigenvalue weighted by atomic mass is 35.5. The number of carbonyl (C=O) groups excluding carboxylic acids is 3. The van der Waals surface area contributed by atoms with E-state index in [2.05, 4.69) is 0 Å². The van der Waals surface area contributed by atoms with Gasteiger partial charge in [0.25, 0.3) is 11.8 Å². The number of rotatable bonds is 6. The molecule has 0 spiro atoms. The summed E-state index contributed by atoms with van der Waals surface area (Å²) >= 11 is 12.3. The SMILES string of the molecule is CC(=O)OCCCN1C(=O)C(C#N)=C(C)/C(=C\c2ccc(-c3cccc(Cl)c3Cl)o2)C1=O. The number of nitriles is 1. The molecule has 0 fully saturated rings. The second-order valence-electron chi connectivity index (χ2n) is 6.93. The van der Waals surface area contributed by atoms with Crippen molar-refractivity contribution in [3.63, 3.8) is 0 Å². The Balaban J connectivity index is 1.92. The Morgan fingerprint density at radius 1 is 1.22 bits per heavy atom. The fraction of sp³-hybridized carbons (Fsp3) is 0.217. The summed E-state index contributed by atoms with van der Waals surface area (Å²) in [5.41, 5.74) is 0.878. The molecule has 1 aromatic heterocycles. The molecule has 0 aliphatic carbocycles. The van der Waals surface area contributed by atoms with Gasteiger partial charge in [-0.3, -0.25) is 19.3 Å². The highest BCUT2D eigenvalue weighted by Crippen LogP contribution is 2.35. The number of ether oxygens (including phenoxy) is 1. The van der Waals surface area contributed by atoms with Gasteiger partial charge < -0.3 is 9.15 Å². The molecular weight excluding hydrogens is 455 g/mol.